The molecule has 0 spiro atoms. The van der Waals surface area contributed by atoms with Crippen molar-refractivity contribution in [3.63, 3.8) is 0 Å². The SMILES string of the molecule is c1ccc(-c2cc3ccccc3cc2N(c2ccccc2)c2ccc3c(c2)oc2ccccc23)cc1.c1ccc(-c2cc3ccccc3cc2N(c2ccccc2)c2ccc3oc4ccccc4c3c2)cc1.c1ccc(-c2cc3ccccc3cc2N(c2ccccc2)c2cccc3c2oc2ccccc23)cc1.c1ccc(-c2cc3ccccc3cc2N(c2ccccc2)c2cccc3oc4ccccc4c23)cc1. The van der Waals surface area contributed by atoms with E-state index in [9.17, 15) is 0 Å². The predicted molar refractivity (Wildman–Crippen MR) is 605 cm³/mol. The van der Waals surface area contributed by atoms with Crippen LogP contribution < -0.4 is 19.6 Å². The number of nitrogens with zero attached hydrogens (tertiary/aromatic N) is 4. The first-order chi connectivity index (χ1) is 71.4. The molecule has 0 aliphatic carbocycles. The van der Waals surface area contributed by atoms with Gasteiger partial charge in [-0.05, 0) is 235 Å². The highest BCUT2D eigenvalue weighted by Gasteiger charge is 2.28. The molecule has 0 atom stereocenters. The van der Waals surface area contributed by atoms with E-state index < -0.39 is 0 Å². The summed E-state index contributed by atoms with van der Waals surface area (Å²) in [6.45, 7) is 0. The fraction of sp³-hybridized carbons (Fsp3) is 0. The fourth-order valence-corrected chi connectivity index (χ4v) is 20.6. The Morgan fingerprint density at radius 1 is 0.125 bits per heavy atom. The van der Waals surface area contributed by atoms with Crippen molar-refractivity contribution < 1.29 is 17.7 Å². The van der Waals surface area contributed by atoms with E-state index in [1.54, 1.807) is 0 Å². The highest BCUT2D eigenvalue weighted by molar-refractivity contribution is 6.17. The summed E-state index contributed by atoms with van der Waals surface area (Å²) in [4.78, 5) is 9.40. The Morgan fingerprint density at radius 2 is 0.382 bits per heavy atom. The Balaban J connectivity index is 0.000000101. The summed E-state index contributed by atoms with van der Waals surface area (Å²) >= 11 is 0. The Labute approximate surface area is 833 Å². The molecule has 28 rings (SSSR count). The molecule has 0 bridgehead atoms. The van der Waals surface area contributed by atoms with Gasteiger partial charge in [-0.2, -0.15) is 0 Å². The second-order valence-corrected chi connectivity index (χ2v) is 36.1. The summed E-state index contributed by atoms with van der Waals surface area (Å²) < 4.78 is 25.2. The molecule has 144 heavy (non-hydrogen) atoms. The molecule has 680 valence electrons. The fourth-order valence-electron chi connectivity index (χ4n) is 20.6. The minimum Gasteiger partial charge on any atom is -0.456 e. The zero-order chi connectivity index (χ0) is 95.6. The van der Waals surface area contributed by atoms with Crippen LogP contribution in [0.5, 0.6) is 0 Å². The summed E-state index contributed by atoms with van der Waals surface area (Å²) in [6, 6.07) is 196. The second-order valence-electron chi connectivity index (χ2n) is 36.1. The lowest BCUT2D eigenvalue weighted by Gasteiger charge is -2.29. The maximum absolute atomic E-state index is 6.50. The van der Waals surface area contributed by atoms with Gasteiger partial charge >= 0.3 is 0 Å². The van der Waals surface area contributed by atoms with Gasteiger partial charge in [0.05, 0.1) is 39.5 Å². The van der Waals surface area contributed by atoms with E-state index in [0.29, 0.717) is 0 Å². The largest absolute Gasteiger partial charge is 0.456 e. The van der Waals surface area contributed by atoms with Crippen molar-refractivity contribution >= 4 is 199 Å². The molecule has 4 aromatic heterocycles. The van der Waals surface area contributed by atoms with Crippen LogP contribution in [0.2, 0.25) is 0 Å². The zero-order valence-corrected chi connectivity index (χ0v) is 78.5. The van der Waals surface area contributed by atoms with Gasteiger partial charge in [-0.25, -0.2) is 0 Å². The van der Waals surface area contributed by atoms with Crippen LogP contribution in [0.3, 0.4) is 0 Å². The van der Waals surface area contributed by atoms with Gasteiger partial charge in [-0.3, -0.25) is 0 Å². The molecule has 0 amide bonds. The number of hydrogen-bond donors (Lipinski definition) is 0. The zero-order valence-electron chi connectivity index (χ0n) is 78.5. The van der Waals surface area contributed by atoms with Crippen LogP contribution in [0.4, 0.5) is 68.2 Å². The lowest BCUT2D eigenvalue weighted by atomic mass is 9.97. The van der Waals surface area contributed by atoms with Crippen LogP contribution in [0, 0.1) is 0 Å². The topological polar surface area (TPSA) is 65.5 Å². The lowest BCUT2D eigenvalue weighted by Crippen LogP contribution is -2.11. The van der Waals surface area contributed by atoms with Crippen LogP contribution in [0.25, 0.3) is 175 Å². The van der Waals surface area contributed by atoms with E-state index >= 15 is 0 Å². The van der Waals surface area contributed by atoms with Gasteiger partial charge in [0.2, 0.25) is 0 Å². The number of anilines is 12. The normalized spacial score (nSPS) is 11.3. The number of para-hydroxylation sites is 9. The average molecular weight is 1850 g/mol. The molecule has 0 saturated carbocycles. The third-order valence-electron chi connectivity index (χ3n) is 27.3. The Morgan fingerprint density at radius 3 is 0.799 bits per heavy atom. The van der Waals surface area contributed by atoms with Crippen molar-refractivity contribution in [3.05, 3.63) is 558 Å². The lowest BCUT2D eigenvalue weighted by molar-refractivity contribution is 0.668. The summed E-state index contributed by atoms with van der Waals surface area (Å²) in [7, 11) is 0. The first-order valence-electron chi connectivity index (χ1n) is 48.8. The minimum atomic E-state index is 0.884. The Bertz CT molecular complexity index is 9520. The standard InChI is InChI=1S/4C34H23NO/c1-3-12-24(13-4-1)30-22-25-14-7-8-15-26(25)23-32(30)35(27-16-5-2-6-17-27)31-20-11-19-29-28-18-9-10-21-33(28)36-34(29)31;1-3-12-24(13-4-1)29-22-25-14-7-8-15-26(25)23-31(29)35(27-16-5-2-6-17-27)30-19-11-21-33-34(30)28-18-9-10-20-32(28)36-33;1-3-11-24(12-4-1)30-21-25-13-7-8-14-26(25)22-32(30)35(27-15-5-2-6-16-27)28-19-20-34-31(23-28)29-17-9-10-18-33(29)36-34;1-3-11-24(12-4-1)31-21-25-13-7-8-14-26(25)22-32(31)35(27-15-5-2-6-16-27)28-19-20-30-29-17-9-10-18-33(29)36-34(30)23-28/h4*1-23H. The number of hydrogen-bond acceptors (Lipinski definition) is 8. The van der Waals surface area contributed by atoms with Gasteiger partial charge < -0.3 is 37.3 Å². The maximum atomic E-state index is 6.50. The predicted octanol–water partition coefficient (Wildman–Crippen LogP) is 39.5. The highest BCUT2D eigenvalue weighted by Crippen LogP contribution is 2.53. The average Bonchev–Trinajstić information content (AvgIpc) is 1.11. The van der Waals surface area contributed by atoms with Crippen molar-refractivity contribution in [3.8, 4) is 44.5 Å². The van der Waals surface area contributed by atoms with Crippen molar-refractivity contribution in [1.29, 1.82) is 0 Å². The van der Waals surface area contributed by atoms with E-state index in [-0.39, 0.29) is 0 Å². The quantitative estimate of drug-likeness (QED) is 0.0948. The van der Waals surface area contributed by atoms with Crippen LogP contribution in [0.15, 0.2) is 576 Å². The molecule has 0 saturated heterocycles. The molecule has 8 nitrogen and oxygen atoms in total. The number of furan rings is 4. The van der Waals surface area contributed by atoms with Gasteiger partial charge in [-0.15, -0.1) is 0 Å². The number of fused-ring (bicyclic) bond motifs is 16. The maximum Gasteiger partial charge on any atom is 0.159 e. The van der Waals surface area contributed by atoms with E-state index in [0.717, 1.165) is 156 Å². The number of benzene rings is 24. The van der Waals surface area contributed by atoms with E-state index in [1.165, 1.54) is 87.6 Å². The Kier molecular flexibility index (Phi) is 22.9. The summed E-state index contributed by atoms with van der Waals surface area (Å²) in [6.07, 6.45) is 0. The van der Waals surface area contributed by atoms with E-state index in [1.807, 2.05) is 48.5 Å². The molecule has 0 fully saturated rings. The van der Waals surface area contributed by atoms with E-state index in [4.69, 9.17) is 17.7 Å². The highest BCUT2D eigenvalue weighted by atomic mass is 16.3. The smallest absolute Gasteiger partial charge is 0.159 e. The van der Waals surface area contributed by atoms with Gasteiger partial charge in [-0.1, -0.05) is 382 Å². The molecular weight excluding hydrogens is 1750 g/mol. The molecule has 24 aromatic carbocycles. The summed E-state index contributed by atoms with van der Waals surface area (Å²) in [5.41, 5.74) is 29.8. The third-order valence-corrected chi connectivity index (χ3v) is 27.3. The summed E-state index contributed by atoms with van der Waals surface area (Å²) in [5.74, 6) is 0. The van der Waals surface area contributed by atoms with Gasteiger partial charge in [0.25, 0.3) is 0 Å². The van der Waals surface area contributed by atoms with Crippen LogP contribution in [0.1, 0.15) is 0 Å². The molecule has 8 heteroatoms. The molecule has 0 aliphatic rings. The monoisotopic (exact) mass is 1840 g/mol. The van der Waals surface area contributed by atoms with Gasteiger partial charge in [0.15, 0.2) is 5.58 Å². The molecule has 0 radical (unpaired) electrons. The van der Waals surface area contributed by atoms with Crippen molar-refractivity contribution in [2.45, 2.75) is 0 Å². The van der Waals surface area contributed by atoms with Gasteiger partial charge in [0, 0.05) is 100 Å². The van der Waals surface area contributed by atoms with Crippen LogP contribution in [-0.4, -0.2) is 0 Å². The van der Waals surface area contributed by atoms with Crippen LogP contribution in [-0.2, 0) is 0 Å². The summed E-state index contributed by atoms with van der Waals surface area (Å²) in [5, 5.41) is 18.7. The van der Waals surface area contributed by atoms with Crippen LogP contribution >= 0.6 is 0 Å². The molecule has 0 N–H and O–H groups in total. The molecule has 0 aliphatic heterocycles. The van der Waals surface area contributed by atoms with Gasteiger partial charge in [0.1, 0.15) is 39.1 Å². The Hall–Kier alpha value is -19.3. The molecule has 28 aromatic rings. The number of rotatable bonds is 16. The minimum absolute atomic E-state index is 0.884. The second kappa shape index (κ2) is 38.2. The molecular formula is C136H92N4O4. The first kappa shape index (κ1) is 86.3. The molecule has 0 unspecified atom stereocenters. The first-order valence-corrected chi connectivity index (χ1v) is 48.8. The third kappa shape index (κ3) is 16.6. The molecule has 4 heterocycles. The van der Waals surface area contributed by atoms with Crippen molar-refractivity contribution in [2.75, 3.05) is 19.6 Å². The van der Waals surface area contributed by atoms with Crippen molar-refractivity contribution in [2.24, 2.45) is 0 Å². The van der Waals surface area contributed by atoms with E-state index in [2.05, 4.69) is 529 Å². The van der Waals surface area contributed by atoms with Crippen molar-refractivity contribution in [1.82, 2.24) is 0 Å².